The fraction of sp³-hybridized carbons (Fsp3) is 0.286. The van der Waals surface area contributed by atoms with Gasteiger partial charge in [0.1, 0.15) is 5.69 Å². The molecule has 0 atom stereocenters. The number of hydrogen-bond acceptors (Lipinski definition) is 4. The molecule has 7 heteroatoms. The fourth-order valence-electron chi connectivity index (χ4n) is 2.24. The minimum atomic E-state index is -0.177. The Morgan fingerprint density at radius 3 is 2.52 bits per heavy atom. The van der Waals surface area contributed by atoms with E-state index in [1.807, 2.05) is 29.2 Å². The predicted molar refractivity (Wildman–Crippen MR) is 85.6 cm³/mol. The first kappa shape index (κ1) is 14.6. The second kappa shape index (κ2) is 6.17. The monoisotopic (exact) mass is 369 g/mol. The minimum Gasteiger partial charge on any atom is -0.378 e. The van der Waals surface area contributed by atoms with Gasteiger partial charge in [0.2, 0.25) is 0 Å². The maximum absolute atomic E-state index is 12.7. The lowest BCUT2D eigenvalue weighted by Gasteiger charge is -2.28. The van der Waals surface area contributed by atoms with Crippen LogP contribution >= 0.6 is 27.5 Å². The van der Waals surface area contributed by atoms with Crippen LogP contribution in [0.25, 0.3) is 5.69 Å². The van der Waals surface area contributed by atoms with Crippen molar-refractivity contribution in [3.63, 3.8) is 0 Å². The molecule has 1 aromatic carbocycles. The molecule has 2 heterocycles. The van der Waals surface area contributed by atoms with Crippen molar-refractivity contribution < 1.29 is 4.74 Å². The third kappa shape index (κ3) is 3.12. The van der Waals surface area contributed by atoms with Crippen LogP contribution in [0.5, 0.6) is 0 Å². The minimum absolute atomic E-state index is 0.177. The van der Waals surface area contributed by atoms with Crippen molar-refractivity contribution in [3.8, 4) is 5.69 Å². The molecule has 0 saturated carbocycles. The van der Waals surface area contributed by atoms with Crippen LogP contribution in [0.2, 0.25) is 5.15 Å². The van der Waals surface area contributed by atoms with E-state index in [1.165, 1.54) is 4.68 Å². The van der Waals surface area contributed by atoms with E-state index < -0.39 is 0 Å². The van der Waals surface area contributed by atoms with Gasteiger partial charge in [-0.2, -0.15) is 9.78 Å². The lowest BCUT2D eigenvalue weighted by molar-refractivity contribution is 0.122. The van der Waals surface area contributed by atoms with E-state index in [0.29, 0.717) is 42.8 Å². The number of benzene rings is 1. The molecule has 1 aromatic heterocycles. The van der Waals surface area contributed by atoms with Gasteiger partial charge in [0.15, 0.2) is 5.15 Å². The van der Waals surface area contributed by atoms with Crippen LogP contribution in [0.15, 0.2) is 39.6 Å². The Bertz CT molecular complexity index is 696. The van der Waals surface area contributed by atoms with Gasteiger partial charge in [-0.3, -0.25) is 4.79 Å². The Kier molecular flexibility index (Phi) is 4.28. The van der Waals surface area contributed by atoms with Crippen LogP contribution in [-0.4, -0.2) is 36.1 Å². The summed E-state index contributed by atoms with van der Waals surface area (Å²) >= 11 is 9.46. The highest BCUT2D eigenvalue weighted by Gasteiger charge is 2.17. The number of rotatable bonds is 2. The zero-order chi connectivity index (χ0) is 14.8. The summed E-state index contributed by atoms with van der Waals surface area (Å²) < 4.78 is 7.59. The third-order valence-electron chi connectivity index (χ3n) is 3.29. The number of morpholine rings is 1. The highest BCUT2D eigenvalue weighted by Crippen LogP contribution is 2.17. The van der Waals surface area contributed by atoms with Crippen LogP contribution in [-0.2, 0) is 4.74 Å². The molecule has 0 unspecified atom stereocenters. The van der Waals surface area contributed by atoms with Gasteiger partial charge in [-0.15, -0.1) is 0 Å². The number of halogens is 2. The molecule has 21 heavy (non-hydrogen) atoms. The van der Waals surface area contributed by atoms with Crippen molar-refractivity contribution in [1.82, 2.24) is 9.78 Å². The zero-order valence-corrected chi connectivity index (χ0v) is 13.5. The second-order valence-electron chi connectivity index (χ2n) is 4.65. The van der Waals surface area contributed by atoms with Crippen molar-refractivity contribution in [2.45, 2.75) is 0 Å². The van der Waals surface area contributed by atoms with Crippen molar-refractivity contribution >= 4 is 33.2 Å². The van der Waals surface area contributed by atoms with Crippen molar-refractivity contribution in [1.29, 1.82) is 0 Å². The van der Waals surface area contributed by atoms with Crippen molar-refractivity contribution in [3.05, 3.63) is 50.3 Å². The van der Waals surface area contributed by atoms with E-state index in [-0.39, 0.29) is 5.56 Å². The maximum Gasteiger partial charge on any atom is 0.295 e. The summed E-state index contributed by atoms with van der Waals surface area (Å²) in [5, 5.41) is 4.42. The van der Waals surface area contributed by atoms with Crippen LogP contribution < -0.4 is 10.5 Å². The molecular formula is C14H13BrClN3O2. The molecule has 0 bridgehead atoms. The Labute approximate surface area is 135 Å². The average molecular weight is 371 g/mol. The quantitative estimate of drug-likeness (QED) is 0.815. The molecule has 0 amide bonds. The van der Waals surface area contributed by atoms with Gasteiger partial charge in [0.05, 0.1) is 18.9 Å². The Hall–Kier alpha value is -1.37. The fourth-order valence-corrected chi connectivity index (χ4v) is 2.68. The number of hydrogen-bond donors (Lipinski definition) is 0. The summed E-state index contributed by atoms with van der Waals surface area (Å²) in [6.07, 6.45) is 0. The lowest BCUT2D eigenvalue weighted by Crippen LogP contribution is -2.40. The number of nitrogens with zero attached hydrogens (tertiary/aromatic N) is 3. The first-order chi connectivity index (χ1) is 10.1. The Morgan fingerprint density at radius 2 is 1.86 bits per heavy atom. The van der Waals surface area contributed by atoms with E-state index >= 15 is 0 Å². The van der Waals surface area contributed by atoms with E-state index in [1.54, 1.807) is 6.07 Å². The number of ether oxygens (including phenoxy) is 1. The van der Waals surface area contributed by atoms with Crippen LogP contribution in [0, 0.1) is 0 Å². The van der Waals surface area contributed by atoms with Gasteiger partial charge in [-0.05, 0) is 24.3 Å². The molecule has 0 N–H and O–H groups in total. The Morgan fingerprint density at radius 1 is 1.19 bits per heavy atom. The van der Waals surface area contributed by atoms with Gasteiger partial charge in [-0.1, -0.05) is 27.5 Å². The zero-order valence-electron chi connectivity index (χ0n) is 11.1. The summed E-state index contributed by atoms with van der Waals surface area (Å²) in [4.78, 5) is 14.6. The molecule has 0 radical (unpaired) electrons. The van der Waals surface area contributed by atoms with Gasteiger partial charge < -0.3 is 9.64 Å². The van der Waals surface area contributed by atoms with Crippen LogP contribution in [0.4, 0.5) is 5.69 Å². The van der Waals surface area contributed by atoms with E-state index in [9.17, 15) is 4.79 Å². The van der Waals surface area contributed by atoms with Gasteiger partial charge in [-0.25, -0.2) is 0 Å². The Balaban J connectivity index is 2.07. The maximum atomic E-state index is 12.7. The molecule has 1 fully saturated rings. The molecule has 110 valence electrons. The van der Waals surface area contributed by atoms with E-state index in [2.05, 4.69) is 21.0 Å². The van der Waals surface area contributed by atoms with E-state index in [4.69, 9.17) is 16.3 Å². The highest BCUT2D eigenvalue weighted by atomic mass is 79.9. The molecule has 1 aliphatic rings. The lowest BCUT2D eigenvalue weighted by atomic mass is 10.3. The summed E-state index contributed by atoms with van der Waals surface area (Å²) in [7, 11) is 0. The van der Waals surface area contributed by atoms with Gasteiger partial charge >= 0.3 is 0 Å². The van der Waals surface area contributed by atoms with E-state index in [0.717, 1.165) is 4.47 Å². The molecule has 0 spiro atoms. The molecule has 3 rings (SSSR count). The van der Waals surface area contributed by atoms with Crippen molar-refractivity contribution in [2.24, 2.45) is 0 Å². The summed E-state index contributed by atoms with van der Waals surface area (Å²) in [6, 6.07) is 8.97. The summed E-state index contributed by atoms with van der Waals surface area (Å²) in [5.74, 6) is 0. The van der Waals surface area contributed by atoms with Crippen LogP contribution in [0.3, 0.4) is 0 Å². The highest BCUT2D eigenvalue weighted by molar-refractivity contribution is 9.10. The van der Waals surface area contributed by atoms with Gasteiger partial charge in [0.25, 0.3) is 5.56 Å². The standard InChI is InChI=1S/C14H13BrClN3O2/c15-10-1-3-11(4-2-10)19-14(20)12(9-13(16)17-19)18-5-7-21-8-6-18/h1-4,9H,5-8H2. The number of anilines is 1. The topological polar surface area (TPSA) is 47.4 Å². The van der Waals surface area contributed by atoms with Crippen molar-refractivity contribution in [2.75, 3.05) is 31.2 Å². The number of aromatic nitrogens is 2. The molecule has 0 aliphatic carbocycles. The molecule has 1 saturated heterocycles. The summed E-state index contributed by atoms with van der Waals surface area (Å²) in [6.45, 7) is 2.57. The largest absolute Gasteiger partial charge is 0.378 e. The smallest absolute Gasteiger partial charge is 0.295 e. The average Bonchev–Trinajstić information content (AvgIpc) is 2.51. The summed E-state index contributed by atoms with van der Waals surface area (Å²) in [5.41, 5.74) is 1.06. The normalized spacial score (nSPS) is 15.2. The first-order valence-corrected chi connectivity index (χ1v) is 7.71. The van der Waals surface area contributed by atoms with Gasteiger partial charge in [0, 0.05) is 23.6 Å². The second-order valence-corrected chi connectivity index (χ2v) is 5.95. The molecule has 1 aliphatic heterocycles. The predicted octanol–water partition coefficient (Wildman–Crippen LogP) is 2.49. The SMILES string of the molecule is O=c1c(N2CCOCC2)cc(Cl)nn1-c1ccc(Br)cc1. The molecular weight excluding hydrogens is 358 g/mol. The third-order valence-corrected chi connectivity index (χ3v) is 4.00. The molecule has 2 aromatic rings. The van der Waals surface area contributed by atoms with Crippen LogP contribution in [0.1, 0.15) is 0 Å². The molecule has 5 nitrogen and oxygen atoms in total. The first-order valence-electron chi connectivity index (χ1n) is 6.54.